The molecule has 0 saturated carbocycles. The fourth-order valence-corrected chi connectivity index (χ4v) is 2.52. The third kappa shape index (κ3) is 4.72. The minimum absolute atomic E-state index is 0.0145. The van der Waals surface area contributed by atoms with Crippen molar-refractivity contribution in [2.45, 2.75) is 20.0 Å². The van der Waals surface area contributed by atoms with Crippen molar-refractivity contribution in [2.75, 3.05) is 32.8 Å². The van der Waals surface area contributed by atoms with Gasteiger partial charge in [-0.1, -0.05) is 26.0 Å². The van der Waals surface area contributed by atoms with Crippen LogP contribution in [0.15, 0.2) is 24.3 Å². The lowest BCUT2D eigenvalue weighted by atomic mass is 10.2. The second kappa shape index (κ2) is 7.43. The lowest BCUT2D eigenvalue weighted by Gasteiger charge is -2.33. The highest BCUT2D eigenvalue weighted by Gasteiger charge is 2.22. The van der Waals surface area contributed by atoms with Crippen LogP contribution in [0.1, 0.15) is 24.2 Å². The van der Waals surface area contributed by atoms with Gasteiger partial charge in [0.1, 0.15) is 24.0 Å². The van der Waals surface area contributed by atoms with E-state index in [-0.39, 0.29) is 11.7 Å². The summed E-state index contributed by atoms with van der Waals surface area (Å²) in [5.74, 6) is 0.0450. The van der Waals surface area contributed by atoms with Crippen molar-refractivity contribution < 1.29 is 19.4 Å². The summed E-state index contributed by atoms with van der Waals surface area (Å²) in [6.07, 6.45) is -0.0145. The van der Waals surface area contributed by atoms with Crippen LogP contribution in [-0.2, 0) is 4.74 Å². The van der Waals surface area contributed by atoms with E-state index in [0.717, 1.165) is 19.6 Å². The summed E-state index contributed by atoms with van der Waals surface area (Å²) in [5, 5.41) is 9.12. The Labute approximate surface area is 125 Å². The van der Waals surface area contributed by atoms with Gasteiger partial charge in [-0.2, -0.15) is 0 Å². The molecule has 1 unspecified atom stereocenters. The van der Waals surface area contributed by atoms with E-state index in [1.165, 1.54) is 0 Å². The Hall–Kier alpha value is -1.59. The van der Waals surface area contributed by atoms with Gasteiger partial charge in [-0.05, 0) is 18.1 Å². The van der Waals surface area contributed by atoms with Gasteiger partial charge in [0, 0.05) is 19.6 Å². The number of morpholine rings is 1. The number of carbonyl (C=O) groups is 1. The molecule has 21 heavy (non-hydrogen) atoms. The van der Waals surface area contributed by atoms with Crippen molar-refractivity contribution >= 4 is 5.97 Å². The largest absolute Gasteiger partial charge is 0.490 e. The van der Waals surface area contributed by atoms with E-state index in [9.17, 15) is 4.79 Å². The van der Waals surface area contributed by atoms with Crippen molar-refractivity contribution in [3.05, 3.63) is 29.8 Å². The van der Waals surface area contributed by atoms with Gasteiger partial charge in [-0.3, -0.25) is 4.90 Å². The molecule has 1 aromatic carbocycles. The maximum Gasteiger partial charge on any atom is 0.339 e. The number of carboxylic acid groups (broad SMARTS) is 1. The third-order valence-electron chi connectivity index (χ3n) is 3.39. The molecule has 116 valence electrons. The number of hydrogen-bond acceptors (Lipinski definition) is 4. The smallest absolute Gasteiger partial charge is 0.339 e. The first-order chi connectivity index (χ1) is 10.1. The maximum absolute atomic E-state index is 11.1. The zero-order valence-corrected chi connectivity index (χ0v) is 12.6. The van der Waals surface area contributed by atoms with E-state index in [4.69, 9.17) is 14.6 Å². The molecule has 0 spiro atoms. The van der Waals surface area contributed by atoms with Crippen molar-refractivity contribution in [1.29, 1.82) is 0 Å². The predicted octanol–water partition coefficient (Wildman–Crippen LogP) is 2.12. The zero-order valence-electron chi connectivity index (χ0n) is 12.6. The fraction of sp³-hybridized carbons (Fsp3) is 0.562. The average molecular weight is 293 g/mol. The van der Waals surface area contributed by atoms with Crippen molar-refractivity contribution in [1.82, 2.24) is 4.90 Å². The van der Waals surface area contributed by atoms with Gasteiger partial charge in [0.25, 0.3) is 0 Å². The Morgan fingerprint density at radius 3 is 2.95 bits per heavy atom. The molecular weight excluding hydrogens is 270 g/mol. The van der Waals surface area contributed by atoms with Gasteiger partial charge in [0.05, 0.1) is 6.61 Å². The first kappa shape index (κ1) is 15.8. The number of carboxylic acids is 1. The highest BCUT2D eigenvalue weighted by atomic mass is 16.5. The zero-order chi connectivity index (χ0) is 15.2. The molecule has 0 aliphatic carbocycles. The predicted molar refractivity (Wildman–Crippen MR) is 79.9 cm³/mol. The quantitative estimate of drug-likeness (QED) is 0.870. The lowest BCUT2D eigenvalue weighted by molar-refractivity contribution is -0.0506. The van der Waals surface area contributed by atoms with E-state index in [1.807, 2.05) is 0 Å². The molecule has 1 heterocycles. The summed E-state index contributed by atoms with van der Waals surface area (Å²) in [6, 6.07) is 6.69. The van der Waals surface area contributed by atoms with Crippen LogP contribution in [0.2, 0.25) is 0 Å². The minimum atomic E-state index is -0.975. The van der Waals surface area contributed by atoms with Crippen LogP contribution in [0.25, 0.3) is 0 Å². The van der Waals surface area contributed by atoms with Gasteiger partial charge in [0.2, 0.25) is 0 Å². The van der Waals surface area contributed by atoms with Gasteiger partial charge in [0.15, 0.2) is 0 Å². The molecule has 5 heteroatoms. The maximum atomic E-state index is 11.1. The molecule has 1 aliphatic rings. The molecule has 1 atom stereocenters. The number of nitrogens with zero attached hydrogens (tertiary/aromatic N) is 1. The number of para-hydroxylation sites is 1. The van der Waals surface area contributed by atoms with Gasteiger partial charge < -0.3 is 14.6 Å². The summed E-state index contributed by atoms with van der Waals surface area (Å²) >= 11 is 0. The van der Waals surface area contributed by atoms with Crippen LogP contribution in [0.4, 0.5) is 0 Å². The molecule has 0 bridgehead atoms. The summed E-state index contributed by atoms with van der Waals surface area (Å²) in [5.41, 5.74) is 0.187. The third-order valence-corrected chi connectivity index (χ3v) is 3.39. The number of hydrogen-bond donors (Lipinski definition) is 1. The molecule has 5 nitrogen and oxygen atoms in total. The Kier molecular flexibility index (Phi) is 5.59. The van der Waals surface area contributed by atoms with E-state index < -0.39 is 5.97 Å². The number of ether oxygens (including phenoxy) is 2. The SMILES string of the molecule is CC(C)CN1CCOC(COc2ccccc2C(=O)O)C1. The Balaban J connectivity index is 1.89. The van der Waals surface area contributed by atoms with Crippen molar-refractivity contribution in [3.8, 4) is 5.75 Å². The lowest BCUT2D eigenvalue weighted by Crippen LogP contribution is -2.46. The monoisotopic (exact) mass is 293 g/mol. The molecule has 1 saturated heterocycles. The van der Waals surface area contributed by atoms with Crippen LogP contribution in [0.3, 0.4) is 0 Å². The number of rotatable bonds is 6. The molecule has 1 aromatic rings. The normalized spacial score (nSPS) is 19.7. The summed E-state index contributed by atoms with van der Waals surface area (Å²) in [4.78, 5) is 13.5. The van der Waals surface area contributed by atoms with Crippen molar-refractivity contribution in [2.24, 2.45) is 5.92 Å². The molecule has 1 fully saturated rings. The number of benzene rings is 1. The van der Waals surface area contributed by atoms with Crippen LogP contribution in [-0.4, -0.2) is 54.9 Å². The first-order valence-corrected chi connectivity index (χ1v) is 7.35. The standard InChI is InChI=1S/C16H23NO4/c1-12(2)9-17-7-8-20-13(10-17)11-21-15-6-4-3-5-14(15)16(18)19/h3-6,12-13H,7-11H2,1-2H3,(H,18,19). The Morgan fingerprint density at radius 2 is 2.24 bits per heavy atom. The van der Waals surface area contributed by atoms with E-state index in [0.29, 0.717) is 24.9 Å². The summed E-state index contributed by atoms with van der Waals surface area (Å²) in [7, 11) is 0. The van der Waals surface area contributed by atoms with E-state index in [1.54, 1.807) is 24.3 Å². The van der Waals surface area contributed by atoms with E-state index >= 15 is 0 Å². The van der Waals surface area contributed by atoms with Crippen LogP contribution < -0.4 is 4.74 Å². The molecule has 0 radical (unpaired) electrons. The van der Waals surface area contributed by atoms with Crippen LogP contribution in [0.5, 0.6) is 5.75 Å². The van der Waals surface area contributed by atoms with Crippen LogP contribution in [0, 0.1) is 5.92 Å². The highest BCUT2D eigenvalue weighted by Crippen LogP contribution is 2.19. The van der Waals surface area contributed by atoms with E-state index in [2.05, 4.69) is 18.7 Å². The Morgan fingerprint density at radius 1 is 1.48 bits per heavy atom. The molecular formula is C16H23NO4. The van der Waals surface area contributed by atoms with Crippen LogP contribution >= 0.6 is 0 Å². The highest BCUT2D eigenvalue weighted by molar-refractivity contribution is 5.90. The molecule has 1 aliphatic heterocycles. The molecule has 2 rings (SSSR count). The number of aromatic carboxylic acids is 1. The molecule has 0 amide bonds. The Bertz CT molecular complexity index is 475. The fourth-order valence-electron chi connectivity index (χ4n) is 2.52. The summed E-state index contributed by atoms with van der Waals surface area (Å²) in [6.45, 7) is 8.29. The summed E-state index contributed by atoms with van der Waals surface area (Å²) < 4.78 is 11.4. The first-order valence-electron chi connectivity index (χ1n) is 7.35. The van der Waals surface area contributed by atoms with Gasteiger partial charge in [-0.15, -0.1) is 0 Å². The average Bonchev–Trinajstić information content (AvgIpc) is 2.45. The molecule has 1 N–H and O–H groups in total. The molecule has 0 aromatic heterocycles. The second-order valence-electron chi connectivity index (χ2n) is 5.76. The van der Waals surface area contributed by atoms with Crippen molar-refractivity contribution in [3.63, 3.8) is 0 Å². The van der Waals surface area contributed by atoms with Gasteiger partial charge in [-0.25, -0.2) is 4.79 Å². The second-order valence-corrected chi connectivity index (χ2v) is 5.76. The van der Waals surface area contributed by atoms with Gasteiger partial charge >= 0.3 is 5.97 Å². The topological polar surface area (TPSA) is 59.0 Å². The minimum Gasteiger partial charge on any atom is -0.490 e.